The molecule has 0 saturated carbocycles. The molecule has 1 aliphatic heterocycles. The van der Waals surface area contributed by atoms with E-state index >= 15 is 0 Å². The number of esters is 1. The molecule has 0 fully saturated rings. The molecule has 2 atom stereocenters. The number of ether oxygens (including phenoxy) is 3. The Morgan fingerprint density at radius 3 is 2.32 bits per heavy atom. The Labute approximate surface area is 218 Å². The van der Waals surface area contributed by atoms with Gasteiger partial charge < -0.3 is 19.1 Å². The van der Waals surface area contributed by atoms with Crippen LogP contribution >= 0.6 is 0 Å². The van der Waals surface area contributed by atoms with Crippen molar-refractivity contribution in [3.05, 3.63) is 89.5 Å². The van der Waals surface area contributed by atoms with E-state index in [4.69, 9.17) is 14.2 Å². The van der Waals surface area contributed by atoms with E-state index in [2.05, 4.69) is 43.4 Å². The van der Waals surface area contributed by atoms with Gasteiger partial charge in [0.1, 0.15) is 30.2 Å². The third-order valence-electron chi connectivity index (χ3n) is 6.60. The van der Waals surface area contributed by atoms with E-state index in [1.165, 1.54) is 12.7 Å². The summed E-state index contributed by atoms with van der Waals surface area (Å²) in [5.74, 6) is 1.18. The van der Waals surface area contributed by atoms with Gasteiger partial charge >= 0.3 is 5.97 Å². The van der Waals surface area contributed by atoms with Crippen LogP contribution in [-0.4, -0.2) is 44.8 Å². The second-order valence-electron chi connectivity index (χ2n) is 9.45. The molecule has 1 amide bonds. The standard InChI is InChI=1S/C30H34N2O5/c1-20(2)23-13-9-22(10-14-23)18-32-27-7-5-6-8-28(27)37-19-26(29(32)33)31-25(30(34)36-4)17-21-11-15-24(35-3)16-12-21/h5-16,20,25-26,31H,17-19H2,1-4H3/t25-,26+/m1/s1. The Hall–Kier alpha value is -3.84. The molecule has 0 radical (unpaired) electrons. The predicted molar refractivity (Wildman–Crippen MR) is 143 cm³/mol. The number of benzene rings is 3. The molecule has 4 rings (SSSR count). The smallest absolute Gasteiger partial charge is 0.323 e. The molecule has 1 N–H and O–H groups in total. The van der Waals surface area contributed by atoms with Crippen molar-refractivity contribution in [3.63, 3.8) is 0 Å². The van der Waals surface area contributed by atoms with Crippen molar-refractivity contribution in [3.8, 4) is 11.5 Å². The third-order valence-corrected chi connectivity index (χ3v) is 6.60. The predicted octanol–water partition coefficient (Wildman–Crippen LogP) is 4.49. The fraction of sp³-hybridized carbons (Fsp3) is 0.333. The van der Waals surface area contributed by atoms with E-state index < -0.39 is 18.1 Å². The molecular formula is C30H34N2O5. The molecule has 194 valence electrons. The van der Waals surface area contributed by atoms with Crippen molar-refractivity contribution in [2.24, 2.45) is 0 Å². The zero-order chi connectivity index (χ0) is 26.4. The van der Waals surface area contributed by atoms with Gasteiger partial charge in [0.15, 0.2) is 0 Å². The fourth-order valence-electron chi connectivity index (χ4n) is 4.42. The Bertz CT molecular complexity index is 1210. The van der Waals surface area contributed by atoms with Gasteiger partial charge in [-0.3, -0.25) is 14.9 Å². The number of fused-ring (bicyclic) bond motifs is 1. The second-order valence-corrected chi connectivity index (χ2v) is 9.45. The second kappa shape index (κ2) is 11.9. The summed E-state index contributed by atoms with van der Waals surface area (Å²) in [6, 6.07) is 21.8. The third kappa shape index (κ3) is 6.30. The highest BCUT2D eigenvalue weighted by molar-refractivity contribution is 5.99. The zero-order valence-electron chi connectivity index (χ0n) is 21.8. The number of methoxy groups -OCH3 is 2. The fourth-order valence-corrected chi connectivity index (χ4v) is 4.42. The maximum atomic E-state index is 13.9. The summed E-state index contributed by atoms with van der Waals surface area (Å²) >= 11 is 0. The van der Waals surface area contributed by atoms with Crippen molar-refractivity contribution in [1.82, 2.24) is 5.32 Å². The molecule has 0 unspecified atom stereocenters. The summed E-state index contributed by atoms with van der Waals surface area (Å²) in [6.45, 7) is 4.79. The van der Waals surface area contributed by atoms with Crippen LogP contribution in [0.1, 0.15) is 36.5 Å². The molecule has 0 spiro atoms. The highest BCUT2D eigenvalue weighted by Gasteiger charge is 2.34. The van der Waals surface area contributed by atoms with Crippen LogP contribution in [0.25, 0.3) is 0 Å². The Morgan fingerprint density at radius 2 is 1.68 bits per heavy atom. The molecule has 0 saturated heterocycles. The van der Waals surface area contributed by atoms with Crippen LogP contribution in [0.4, 0.5) is 5.69 Å². The van der Waals surface area contributed by atoms with Crippen LogP contribution in [0.15, 0.2) is 72.8 Å². The van der Waals surface area contributed by atoms with E-state index in [-0.39, 0.29) is 12.5 Å². The molecule has 3 aromatic carbocycles. The molecule has 3 aromatic rings. The van der Waals surface area contributed by atoms with Crippen molar-refractivity contribution in [2.75, 3.05) is 25.7 Å². The number of nitrogens with zero attached hydrogens (tertiary/aromatic N) is 1. The highest BCUT2D eigenvalue weighted by Crippen LogP contribution is 2.32. The Kier molecular flexibility index (Phi) is 8.46. The molecule has 37 heavy (non-hydrogen) atoms. The van der Waals surface area contributed by atoms with Gasteiger partial charge in [0.05, 0.1) is 26.5 Å². The number of para-hydroxylation sites is 2. The number of rotatable bonds is 9. The largest absolute Gasteiger partial charge is 0.497 e. The first-order valence-corrected chi connectivity index (χ1v) is 12.5. The molecule has 7 nitrogen and oxygen atoms in total. The Morgan fingerprint density at radius 1 is 1.00 bits per heavy atom. The zero-order valence-corrected chi connectivity index (χ0v) is 21.8. The monoisotopic (exact) mass is 502 g/mol. The molecule has 1 aliphatic rings. The van der Waals surface area contributed by atoms with E-state index in [0.29, 0.717) is 30.3 Å². The quantitative estimate of drug-likeness (QED) is 0.435. The van der Waals surface area contributed by atoms with Crippen molar-refractivity contribution < 1.29 is 23.8 Å². The van der Waals surface area contributed by atoms with E-state index in [1.807, 2.05) is 48.5 Å². The minimum atomic E-state index is -0.746. The van der Waals surface area contributed by atoms with Gasteiger partial charge in [-0.25, -0.2) is 0 Å². The summed E-state index contributed by atoms with van der Waals surface area (Å²) in [4.78, 5) is 28.3. The number of hydrogen-bond acceptors (Lipinski definition) is 6. The van der Waals surface area contributed by atoms with Crippen LogP contribution in [0.2, 0.25) is 0 Å². The van der Waals surface area contributed by atoms with Gasteiger partial charge in [0.25, 0.3) is 0 Å². The molecule has 0 aromatic heterocycles. The lowest BCUT2D eigenvalue weighted by atomic mass is 10.0. The maximum absolute atomic E-state index is 13.9. The van der Waals surface area contributed by atoms with E-state index in [1.54, 1.807) is 12.0 Å². The minimum absolute atomic E-state index is 0.0920. The number of amides is 1. The van der Waals surface area contributed by atoms with Crippen LogP contribution in [0, 0.1) is 0 Å². The molecule has 7 heteroatoms. The lowest BCUT2D eigenvalue weighted by molar-refractivity contribution is -0.143. The SMILES string of the molecule is COC(=O)[C@@H](Cc1ccc(OC)cc1)N[C@H]1COc2ccccc2N(Cc2ccc(C(C)C)cc2)C1=O. The van der Waals surface area contributed by atoms with Crippen LogP contribution < -0.4 is 19.7 Å². The van der Waals surface area contributed by atoms with Crippen LogP contribution in [0.5, 0.6) is 11.5 Å². The van der Waals surface area contributed by atoms with Gasteiger partial charge in [-0.15, -0.1) is 0 Å². The first kappa shape index (κ1) is 26.2. The lowest BCUT2D eigenvalue weighted by Crippen LogP contribution is -2.54. The summed E-state index contributed by atoms with van der Waals surface area (Å²) < 4.78 is 16.3. The average molecular weight is 503 g/mol. The van der Waals surface area contributed by atoms with E-state index in [0.717, 1.165) is 16.9 Å². The molecular weight excluding hydrogens is 468 g/mol. The summed E-state index contributed by atoms with van der Waals surface area (Å²) in [5.41, 5.74) is 3.87. The molecule has 1 heterocycles. The first-order chi connectivity index (χ1) is 17.9. The van der Waals surface area contributed by atoms with Gasteiger partial charge in [-0.05, 0) is 53.3 Å². The normalized spacial score (nSPS) is 16.0. The van der Waals surface area contributed by atoms with E-state index in [9.17, 15) is 9.59 Å². The number of carbonyl (C=O) groups excluding carboxylic acids is 2. The summed E-state index contributed by atoms with van der Waals surface area (Å²) in [5, 5.41) is 3.23. The first-order valence-electron chi connectivity index (χ1n) is 12.5. The number of hydrogen-bond donors (Lipinski definition) is 1. The van der Waals surface area contributed by atoms with Gasteiger partial charge in [-0.1, -0.05) is 62.4 Å². The number of nitrogens with one attached hydrogen (secondary N) is 1. The summed E-state index contributed by atoms with van der Waals surface area (Å²) in [6.07, 6.45) is 0.351. The highest BCUT2D eigenvalue weighted by atomic mass is 16.5. The van der Waals surface area contributed by atoms with Gasteiger partial charge in [-0.2, -0.15) is 0 Å². The number of anilines is 1. The van der Waals surface area contributed by atoms with Gasteiger partial charge in [0, 0.05) is 0 Å². The molecule has 0 aliphatic carbocycles. The van der Waals surface area contributed by atoms with Crippen molar-refractivity contribution in [2.45, 2.75) is 44.8 Å². The minimum Gasteiger partial charge on any atom is -0.497 e. The maximum Gasteiger partial charge on any atom is 0.323 e. The Balaban J connectivity index is 1.58. The lowest BCUT2D eigenvalue weighted by Gasteiger charge is -2.27. The van der Waals surface area contributed by atoms with Crippen molar-refractivity contribution in [1.29, 1.82) is 0 Å². The molecule has 0 bridgehead atoms. The topological polar surface area (TPSA) is 77.1 Å². The average Bonchev–Trinajstić information content (AvgIpc) is 3.05. The van der Waals surface area contributed by atoms with Gasteiger partial charge in [0.2, 0.25) is 5.91 Å². The van der Waals surface area contributed by atoms with Crippen molar-refractivity contribution >= 4 is 17.6 Å². The number of carbonyl (C=O) groups is 2. The van der Waals surface area contributed by atoms with Crippen LogP contribution in [0.3, 0.4) is 0 Å². The summed E-state index contributed by atoms with van der Waals surface area (Å²) in [7, 11) is 2.95. The van der Waals surface area contributed by atoms with Crippen LogP contribution in [-0.2, 0) is 27.3 Å².